The van der Waals surface area contributed by atoms with Crippen molar-refractivity contribution in [3.63, 3.8) is 0 Å². The van der Waals surface area contributed by atoms with Gasteiger partial charge in [-0.1, -0.05) is 0 Å². The Morgan fingerprint density at radius 1 is 1.32 bits per heavy atom. The van der Waals surface area contributed by atoms with Crippen LogP contribution in [0.2, 0.25) is 0 Å². The predicted molar refractivity (Wildman–Crippen MR) is 68.2 cm³/mol. The molecule has 2 rings (SSSR count). The van der Waals surface area contributed by atoms with Crippen molar-refractivity contribution in [2.45, 2.75) is 17.4 Å². The van der Waals surface area contributed by atoms with Gasteiger partial charge in [-0.05, 0) is 24.6 Å². The zero-order valence-electron chi connectivity index (χ0n) is 9.84. The fraction of sp³-hybridized carbons (Fsp3) is 0.400. The number of rotatable bonds is 3. The number of benzene rings is 1. The van der Waals surface area contributed by atoms with Gasteiger partial charge in [0, 0.05) is 11.7 Å². The van der Waals surface area contributed by atoms with Gasteiger partial charge in [-0.25, -0.2) is 25.9 Å². The molecule has 0 radical (unpaired) electrons. The molecule has 3 N–H and O–H groups in total. The van der Waals surface area contributed by atoms with Crippen LogP contribution in [0.4, 0.5) is 10.1 Å². The summed E-state index contributed by atoms with van der Waals surface area (Å²) in [5.74, 6) is -1.05. The number of sulfone groups is 1. The fourth-order valence-electron chi connectivity index (χ4n) is 1.91. The molecule has 0 amide bonds. The maximum absolute atomic E-state index is 13.1. The van der Waals surface area contributed by atoms with Gasteiger partial charge in [0.25, 0.3) is 0 Å². The lowest BCUT2D eigenvalue weighted by molar-refractivity contribution is 0.560. The number of nitrogens with one attached hydrogen (secondary N) is 1. The van der Waals surface area contributed by atoms with Crippen LogP contribution in [0.25, 0.3) is 0 Å². The predicted octanol–water partition coefficient (Wildman–Crippen LogP) is -0.127. The van der Waals surface area contributed by atoms with Gasteiger partial charge >= 0.3 is 0 Å². The van der Waals surface area contributed by atoms with Crippen molar-refractivity contribution < 1.29 is 21.2 Å². The minimum Gasteiger partial charge on any atom is -0.399 e. The van der Waals surface area contributed by atoms with Gasteiger partial charge in [-0.3, -0.25) is 0 Å². The van der Waals surface area contributed by atoms with E-state index in [-0.39, 0.29) is 28.5 Å². The summed E-state index contributed by atoms with van der Waals surface area (Å²) in [6.45, 7) is 0. The van der Waals surface area contributed by atoms with Gasteiger partial charge in [0.05, 0.1) is 16.4 Å². The third-order valence-electron chi connectivity index (χ3n) is 2.76. The van der Waals surface area contributed by atoms with Crippen LogP contribution >= 0.6 is 0 Å². The van der Waals surface area contributed by atoms with E-state index in [0.717, 1.165) is 18.2 Å². The summed E-state index contributed by atoms with van der Waals surface area (Å²) in [4.78, 5) is -0.311. The molecule has 19 heavy (non-hydrogen) atoms. The second-order valence-corrected chi connectivity index (χ2v) is 8.38. The molecule has 9 heteroatoms. The zero-order valence-corrected chi connectivity index (χ0v) is 11.5. The molecule has 1 heterocycles. The highest BCUT2D eigenvalue weighted by atomic mass is 32.2. The molecule has 1 saturated heterocycles. The SMILES string of the molecule is Nc1cc(F)cc(S(=O)(=O)NC2CCS(=O)(=O)C2)c1. The molecule has 0 bridgehead atoms. The Morgan fingerprint density at radius 3 is 2.53 bits per heavy atom. The number of nitrogen functional groups attached to an aromatic ring is 1. The van der Waals surface area contributed by atoms with Gasteiger partial charge in [0.1, 0.15) is 5.82 Å². The van der Waals surface area contributed by atoms with Crippen LogP contribution in [0.5, 0.6) is 0 Å². The number of nitrogens with two attached hydrogens (primary N) is 1. The normalized spacial score (nSPS) is 22.5. The molecule has 0 aliphatic carbocycles. The lowest BCUT2D eigenvalue weighted by Crippen LogP contribution is -2.35. The smallest absolute Gasteiger partial charge is 0.241 e. The van der Waals surface area contributed by atoms with Gasteiger partial charge in [-0.15, -0.1) is 0 Å². The number of anilines is 1. The van der Waals surface area contributed by atoms with Crippen molar-refractivity contribution >= 4 is 25.5 Å². The van der Waals surface area contributed by atoms with Crippen LogP contribution in [-0.4, -0.2) is 34.4 Å². The number of sulfonamides is 1. The first kappa shape index (κ1) is 14.2. The van der Waals surface area contributed by atoms with Crippen molar-refractivity contribution in [1.29, 1.82) is 0 Å². The minimum atomic E-state index is -3.97. The largest absolute Gasteiger partial charge is 0.399 e. The summed E-state index contributed by atoms with van der Waals surface area (Å²) in [6, 6.07) is 2.27. The molecule has 0 saturated carbocycles. The second-order valence-electron chi connectivity index (χ2n) is 4.44. The summed E-state index contributed by atoms with van der Waals surface area (Å²) in [5.41, 5.74) is 5.36. The van der Waals surface area contributed by atoms with Gasteiger partial charge in [0.15, 0.2) is 9.84 Å². The van der Waals surface area contributed by atoms with Crippen molar-refractivity contribution in [2.75, 3.05) is 17.2 Å². The molecule has 0 aromatic heterocycles. The van der Waals surface area contributed by atoms with Crippen LogP contribution in [0.1, 0.15) is 6.42 Å². The first-order valence-electron chi connectivity index (χ1n) is 5.47. The van der Waals surface area contributed by atoms with Crippen LogP contribution in [0.3, 0.4) is 0 Å². The van der Waals surface area contributed by atoms with Crippen molar-refractivity contribution in [1.82, 2.24) is 4.72 Å². The van der Waals surface area contributed by atoms with E-state index in [1.165, 1.54) is 0 Å². The number of hydrogen-bond donors (Lipinski definition) is 2. The van der Waals surface area contributed by atoms with E-state index < -0.39 is 31.7 Å². The third-order valence-corrected chi connectivity index (χ3v) is 6.03. The molecule has 6 nitrogen and oxygen atoms in total. The highest BCUT2D eigenvalue weighted by Crippen LogP contribution is 2.18. The highest BCUT2D eigenvalue weighted by molar-refractivity contribution is 7.92. The van der Waals surface area contributed by atoms with Crippen molar-refractivity contribution in [2.24, 2.45) is 0 Å². The van der Waals surface area contributed by atoms with Crippen LogP contribution in [0, 0.1) is 5.82 Å². The number of hydrogen-bond acceptors (Lipinski definition) is 5. The first-order valence-corrected chi connectivity index (χ1v) is 8.77. The molecule has 1 aromatic carbocycles. The van der Waals surface area contributed by atoms with Gasteiger partial charge in [-0.2, -0.15) is 0 Å². The summed E-state index contributed by atoms with van der Waals surface area (Å²) in [6.07, 6.45) is 0.215. The average Bonchev–Trinajstić information content (AvgIpc) is 2.55. The second kappa shape index (κ2) is 4.73. The van der Waals surface area contributed by atoms with Crippen LogP contribution in [-0.2, 0) is 19.9 Å². The Bertz CT molecular complexity index is 680. The molecule has 1 atom stereocenters. The molecule has 1 aliphatic heterocycles. The number of halogens is 1. The van der Waals surface area contributed by atoms with Crippen LogP contribution < -0.4 is 10.5 Å². The Morgan fingerprint density at radius 2 is 2.00 bits per heavy atom. The molecular formula is C10H13FN2O4S2. The molecule has 1 fully saturated rings. The van der Waals surface area contributed by atoms with Crippen molar-refractivity contribution in [3.8, 4) is 0 Å². The molecule has 106 valence electrons. The molecule has 1 aromatic rings. The monoisotopic (exact) mass is 308 g/mol. The molecule has 1 unspecified atom stereocenters. The van der Waals surface area contributed by atoms with E-state index in [9.17, 15) is 21.2 Å². The molecule has 0 spiro atoms. The minimum absolute atomic E-state index is 0.0144. The summed E-state index contributed by atoms with van der Waals surface area (Å²) >= 11 is 0. The van der Waals surface area contributed by atoms with Gasteiger partial charge < -0.3 is 5.73 Å². The Hall–Kier alpha value is -1.19. The summed E-state index contributed by atoms with van der Waals surface area (Å²) < 4.78 is 61.8. The van der Waals surface area contributed by atoms with Crippen molar-refractivity contribution in [3.05, 3.63) is 24.0 Å². The quantitative estimate of drug-likeness (QED) is 0.757. The van der Waals surface area contributed by atoms with E-state index in [1.54, 1.807) is 0 Å². The van der Waals surface area contributed by atoms with E-state index in [2.05, 4.69) is 4.72 Å². The maximum atomic E-state index is 13.1. The molecule has 1 aliphatic rings. The van der Waals surface area contributed by atoms with Gasteiger partial charge in [0.2, 0.25) is 10.0 Å². The van der Waals surface area contributed by atoms with E-state index in [0.29, 0.717) is 0 Å². The standard InChI is InChI=1S/C10H13FN2O4S2/c11-7-3-8(12)5-10(4-7)19(16,17)13-9-1-2-18(14,15)6-9/h3-5,9,13H,1-2,6,12H2. The maximum Gasteiger partial charge on any atom is 0.241 e. The highest BCUT2D eigenvalue weighted by Gasteiger charge is 2.31. The lowest BCUT2D eigenvalue weighted by Gasteiger charge is -2.12. The fourth-order valence-corrected chi connectivity index (χ4v) is 5.03. The van der Waals surface area contributed by atoms with E-state index >= 15 is 0 Å². The Kier molecular flexibility index (Phi) is 3.54. The first-order chi connectivity index (χ1) is 8.68. The topological polar surface area (TPSA) is 106 Å². The Balaban J connectivity index is 2.24. The zero-order chi connectivity index (χ0) is 14.3. The van der Waals surface area contributed by atoms with E-state index in [4.69, 9.17) is 5.73 Å². The summed E-state index contributed by atoms with van der Waals surface area (Å²) in [5, 5.41) is 0. The molecular weight excluding hydrogens is 295 g/mol. The van der Waals surface area contributed by atoms with Crippen LogP contribution in [0.15, 0.2) is 23.1 Å². The van der Waals surface area contributed by atoms with E-state index in [1.807, 2.05) is 0 Å². The Labute approximate surface area is 110 Å². The lowest BCUT2D eigenvalue weighted by atomic mass is 10.3. The third kappa shape index (κ3) is 3.43. The average molecular weight is 308 g/mol. The summed E-state index contributed by atoms with van der Waals surface area (Å²) in [7, 11) is -7.17.